The van der Waals surface area contributed by atoms with Gasteiger partial charge < -0.3 is 24.4 Å². The third-order valence-electron chi connectivity index (χ3n) is 6.35. The van der Waals surface area contributed by atoms with Gasteiger partial charge in [-0.2, -0.15) is 0 Å². The summed E-state index contributed by atoms with van der Waals surface area (Å²) in [5, 5.41) is 2.71. The molecule has 2 fully saturated rings. The molecule has 1 saturated heterocycles. The summed E-state index contributed by atoms with van der Waals surface area (Å²) in [6.45, 7) is 2.74. The second-order valence-corrected chi connectivity index (χ2v) is 8.48. The van der Waals surface area contributed by atoms with Crippen LogP contribution in [0.3, 0.4) is 0 Å². The summed E-state index contributed by atoms with van der Waals surface area (Å²) in [5.41, 5.74) is 0.989. The standard InChI is InChI=1S/C23H30N2O6/c1-15(26)24-22(16-5-2-3-6-16)23(28)31-14-21(27)25-10-4-7-18(25)17-8-9-19-20(13-17)30-12-11-29-19/h8-9,13,16,18,22H,2-7,10-12,14H2,1H3,(H,24,26). The summed E-state index contributed by atoms with van der Waals surface area (Å²) >= 11 is 0. The van der Waals surface area contributed by atoms with E-state index in [4.69, 9.17) is 14.2 Å². The molecule has 1 N–H and O–H groups in total. The molecule has 2 amide bonds. The molecule has 0 bridgehead atoms. The number of nitrogens with one attached hydrogen (secondary N) is 1. The first kappa shape index (κ1) is 21.5. The van der Waals surface area contributed by atoms with Gasteiger partial charge in [0.05, 0.1) is 6.04 Å². The van der Waals surface area contributed by atoms with E-state index < -0.39 is 12.0 Å². The maximum atomic E-state index is 12.9. The molecular weight excluding hydrogens is 400 g/mol. The van der Waals surface area contributed by atoms with Crippen LogP contribution in [0.4, 0.5) is 0 Å². The van der Waals surface area contributed by atoms with Crippen LogP contribution < -0.4 is 14.8 Å². The van der Waals surface area contributed by atoms with E-state index in [9.17, 15) is 14.4 Å². The molecule has 0 aromatic heterocycles. The third-order valence-corrected chi connectivity index (χ3v) is 6.35. The van der Waals surface area contributed by atoms with Gasteiger partial charge in [-0.15, -0.1) is 0 Å². The second-order valence-electron chi connectivity index (χ2n) is 8.48. The fourth-order valence-electron chi connectivity index (χ4n) is 4.86. The molecule has 2 atom stereocenters. The minimum atomic E-state index is -0.681. The van der Waals surface area contributed by atoms with E-state index in [-0.39, 0.29) is 30.4 Å². The Balaban J connectivity index is 1.38. The Kier molecular flexibility index (Phi) is 6.63. The van der Waals surface area contributed by atoms with Crippen molar-refractivity contribution in [2.45, 2.75) is 57.5 Å². The van der Waals surface area contributed by atoms with Gasteiger partial charge in [0.25, 0.3) is 5.91 Å². The summed E-state index contributed by atoms with van der Waals surface area (Å²) in [6.07, 6.45) is 5.57. The van der Waals surface area contributed by atoms with E-state index in [1.807, 2.05) is 18.2 Å². The van der Waals surface area contributed by atoms with Gasteiger partial charge >= 0.3 is 5.97 Å². The van der Waals surface area contributed by atoms with Crippen LogP contribution >= 0.6 is 0 Å². The maximum absolute atomic E-state index is 12.9. The van der Waals surface area contributed by atoms with E-state index in [0.717, 1.165) is 49.8 Å². The molecule has 3 aliphatic rings. The lowest BCUT2D eigenvalue weighted by molar-refractivity contribution is -0.156. The Morgan fingerprint density at radius 2 is 1.84 bits per heavy atom. The Morgan fingerprint density at radius 3 is 2.58 bits per heavy atom. The van der Waals surface area contributed by atoms with E-state index >= 15 is 0 Å². The number of likely N-dealkylation sites (tertiary alicyclic amines) is 1. The predicted molar refractivity (Wildman–Crippen MR) is 112 cm³/mol. The monoisotopic (exact) mass is 430 g/mol. The zero-order valence-electron chi connectivity index (χ0n) is 17.9. The number of benzene rings is 1. The molecule has 0 radical (unpaired) electrons. The van der Waals surface area contributed by atoms with Gasteiger partial charge in [0.1, 0.15) is 19.3 Å². The molecule has 1 aromatic rings. The number of carbonyl (C=O) groups is 3. The van der Waals surface area contributed by atoms with Crippen molar-refractivity contribution in [1.82, 2.24) is 10.2 Å². The van der Waals surface area contributed by atoms with E-state index in [0.29, 0.717) is 25.5 Å². The minimum Gasteiger partial charge on any atom is -0.486 e. The number of nitrogens with zero attached hydrogens (tertiary/aromatic N) is 1. The van der Waals surface area contributed by atoms with Crippen LogP contribution in [0.25, 0.3) is 0 Å². The van der Waals surface area contributed by atoms with Gasteiger partial charge in [-0.3, -0.25) is 9.59 Å². The summed E-state index contributed by atoms with van der Waals surface area (Å²) < 4.78 is 16.6. The van der Waals surface area contributed by atoms with Crippen LogP contribution in [0.1, 0.15) is 57.1 Å². The first-order valence-electron chi connectivity index (χ1n) is 11.2. The highest BCUT2D eigenvalue weighted by Gasteiger charge is 2.35. The lowest BCUT2D eigenvalue weighted by Crippen LogP contribution is -2.46. The normalized spacial score (nSPS) is 21.6. The van der Waals surface area contributed by atoms with Crippen molar-refractivity contribution < 1.29 is 28.6 Å². The number of amides is 2. The van der Waals surface area contributed by atoms with Crippen molar-refractivity contribution >= 4 is 17.8 Å². The molecule has 0 spiro atoms. The number of fused-ring (bicyclic) bond motifs is 1. The fourth-order valence-corrected chi connectivity index (χ4v) is 4.86. The zero-order valence-corrected chi connectivity index (χ0v) is 17.9. The molecule has 2 heterocycles. The maximum Gasteiger partial charge on any atom is 0.329 e. The highest BCUT2D eigenvalue weighted by atomic mass is 16.6. The van der Waals surface area contributed by atoms with E-state index in [1.165, 1.54) is 6.92 Å². The Morgan fingerprint density at radius 1 is 1.10 bits per heavy atom. The number of rotatable bonds is 6. The van der Waals surface area contributed by atoms with Crippen molar-refractivity contribution in [2.75, 3.05) is 26.4 Å². The summed E-state index contributed by atoms with van der Waals surface area (Å²) in [7, 11) is 0. The first-order chi connectivity index (χ1) is 15.0. The quantitative estimate of drug-likeness (QED) is 0.697. The minimum absolute atomic E-state index is 0.0729. The SMILES string of the molecule is CC(=O)NC(C(=O)OCC(=O)N1CCCC1c1ccc2c(c1)OCCO2)C1CCCC1. The average molecular weight is 431 g/mol. The molecule has 2 unspecified atom stereocenters. The average Bonchev–Trinajstić information content (AvgIpc) is 3.47. The van der Waals surface area contributed by atoms with Crippen molar-refractivity contribution in [3.8, 4) is 11.5 Å². The van der Waals surface area contributed by atoms with Gasteiger partial charge in [0.15, 0.2) is 18.1 Å². The van der Waals surface area contributed by atoms with Crippen LogP contribution in [0.5, 0.6) is 11.5 Å². The van der Waals surface area contributed by atoms with Crippen molar-refractivity contribution in [1.29, 1.82) is 0 Å². The topological polar surface area (TPSA) is 94.2 Å². The summed E-state index contributed by atoms with van der Waals surface area (Å²) in [6, 6.07) is 5.01. The molecule has 1 saturated carbocycles. The molecule has 1 aromatic carbocycles. The number of esters is 1. The molecule has 8 nitrogen and oxygen atoms in total. The Labute approximate surface area is 182 Å². The van der Waals surface area contributed by atoms with E-state index in [2.05, 4.69) is 5.32 Å². The van der Waals surface area contributed by atoms with Crippen molar-refractivity contribution in [3.63, 3.8) is 0 Å². The van der Waals surface area contributed by atoms with Gasteiger partial charge in [-0.05, 0) is 49.3 Å². The Hall–Kier alpha value is -2.77. The number of ether oxygens (including phenoxy) is 3. The molecule has 1 aliphatic carbocycles. The highest BCUT2D eigenvalue weighted by molar-refractivity contribution is 5.86. The largest absolute Gasteiger partial charge is 0.486 e. The molecular formula is C23H30N2O6. The van der Waals surface area contributed by atoms with Crippen molar-refractivity contribution in [3.05, 3.63) is 23.8 Å². The highest BCUT2D eigenvalue weighted by Crippen LogP contribution is 2.38. The van der Waals surface area contributed by atoms with Crippen LogP contribution in [-0.2, 0) is 19.1 Å². The molecule has 2 aliphatic heterocycles. The van der Waals surface area contributed by atoms with Crippen LogP contribution in [-0.4, -0.2) is 55.1 Å². The predicted octanol–water partition coefficient (Wildman–Crippen LogP) is 2.36. The lowest BCUT2D eigenvalue weighted by atomic mass is 9.98. The Bertz CT molecular complexity index is 835. The molecule has 4 rings (SSSR count). The van der Waals surface area contributed by atoms with Gasteiger partial charge in [0.2, 0.25) is 5.91 Å². The van der Waals surface area contributed by atoms with E-state index in [1.54, 1.807) is 4.90 Å². The second kappa shape index (κ2) is 9.58. The molecule has 31 heavy (non-hydrogen) atoms. The number of carbonyl (C=O) groups excluding carboxylic acids is 3. The number of hydrogen-bond acceptors (Lipinski definition) is 6. The zero-order chi connectivity index (χ0) is 21.8. The van der Waals surface area contributed by atoms with Crippen LogP contribution in [0, 0.1) is 5.92 Å². The summed E-state index contributed by atoms with van der Waals surface area (Å²) in [5.74, 6) is 0.478. The molecule has 8 heteroatoms. The number of hydrogen-bond donors (Lipinski definition) is 1. The van der Waals surface area contributed by atoms with Crippen molar-refractivity contribution in [2.24, 2.45) is 5.92 Å². The smallest absolute Gasteiger partial charge is 0.329 e. The summed E-state index contributed by atoms with van der Waals surface area (Å²) in [4.78, 5) is 38.9. The third kappa shape index (κ3) is 4.94. The first-order valence-corrected chi connectivity index (χ1v) is 11.2. The van der Waals surface area contributed by atoms with Crippen LogP contribution in [0.15, 0.2) is 18.2 Å². The fraction of sp³-hybridized carbons (Fsp3) is 0.609. The van der Waals surface area contributed by atoms with Crippen LogP contribution in [0.2, 0.25) is 0 Å². The van der Waals surface area contributed by atoms with Gasteiger partial charge in [-0.1, -0.05) is 18.9 Å². The van der Waals surface area contributed by atoms with Gasteiger partial charge in [-0.25, -0.2) is 4.79 Å². The van der Waals surface area contributed by atoms with Gasteiger partial charge in [0, 0.05) is 13.5 Å². The molecule has 168 valence electrons. The lowest BCUT2D eigenvalue weighted by Gasteiger charge is -2.27.